The molecule has 188 valence electrons. The van der Waals surface area contributed by atoms with Gasteiger partial charge >= 0.3 is 5.97 Å². The highest BCUT2D eigenvalue weighted by atomic mass is 32.2. The molecule has 0 saturated carbocycles. The molecule has 0 unspecified atom stereocenters. The fourth-order valence-corrected chi connectivity index (χ4v) is 7.06. The lowest BCUT2D eigenvalue weighted by Gasteiger charge is -2.45. The minimum atomic E-state index is -1.76. The second-order valence-electron chi connectivity index (χ2n) is 9.94. The Kier molecular flexibility index (Phi) is 6.83. The summed E-state index contributed by atoms with van der Waals surface area (Å²) in [5, 5.41) is 19.9. The number of hydrogen-bond donors (Lipinski definition) is 2. The summed E-state index contributed by atoms with van der Waals surface area (Å²) < 4.78 is -0.791. The van der Waals surface area contributed by atoms with Crippen molar-refractivity contribution in [3.05, 3.63) is 0 Å². The third-order valence-corrected chi connectivity index (χ3v) is 8.78. The number of amides is 4. The number of carboxylic acids is 1. The Morgan fingerprint density at radius 1 is 1.00 bits per heavy atom. The SMILES string of the molecule is CC1(C)S[C@@H]2[C@H]([C@H](O)C(=O)N(CC(=O)N3CCCC3)CC(=O)N3CCCC3)C(=O)N2[C@H]1C(=O)O. The Bertz CT molecular complexity index is 854. The minimum absolute atomic E-state index is 0.295. The van der Waals surface area contributed by atoms with E-state index in [-0.39, 0.29) is 24.9 Å². The Morgan fingerprint density at radius 3 is 1.91 bits per heavy atom. The van der Waals surface area contributed by atoms with E-state index < -0.39 is 46.0 Å². The van der Waals surface area contributed by atoms with Crippen LogP contribution in [-0.2, 0) is 24.0 Å². The molecule has 0 spiro atoms. The molecule has 34 heavy (non-hydrogen) atoms. The Balaban J connectivity index is 1.49. The molecule has 4 heterocycles. The second-order valence-corrected chi connectivity index (χ2v) is 11.7. The molecule has 0 radical (unpaired) electrons. The predicted molar refractivity (Wildman–Crippen MR) is 121 cm³/mol. The van der Waals surface area contributed by atoms with Crippen molar-refractivity contribution in [3.8, 4) is 0 Å². The van der Waals surface area contributed by atoms with E-state index >= 15 is 0 Å². The van der Waals surface area contributed by atoms with E-state index in [1.807, 2.05) is 0 Å². The highest BCUT2D eigenvalue weighted by molar-refractivity contribution is 8.01. The smallest absolute Gasteiger partial charge is 0.327 e. The highest BCUT2D eigenvalue weighted by Gasteiger charge is 2.66. The molecule has 0 aromatic rings. The van der Waals surface area contributed by atoms with Gasteiger partial charge in [-0.2, -0.15) is 0 Å². The Hall–Kier alpha value is -2.34. The maximum Gasteiger partial charge on any atom is 0.327 e. The molecule has 11 nitrogen and oxygen atoms in total. The maximum atomic E-state index is 13.3. The largest absolute Gasteiger partial charge is 0.480 e. The van der Waals surface area contributed by atoms with Crippen molar-refractivity contribution in [1.29, 1.82) is 0 Å². The quantitative estimate of drug-likeness (QED) is 0.436. The zero-order valence-electron chi connectivity index (χ0n) is 19.5. The fourth-order valence-electron chi connectivity index (χ4n) is 5.34. The first-order chi connectivity index (χ1) is 16.0. The topological polar surface area (TPSA) is 139 Å². The third kappa shape index (κ3) is 4.37. The summed E-state index contributed by atoms with van der Waals surface area (Å²) in [5.74, 6) is -4.30. The molecule has 4 amide bonds. The molecular weight excluding hydrogens is 464 g/mol. The maximum absolute atomic E-state index is 13.3. The molecule has 4 aliphatic rings. The van der Waals surface area contributed by atoms with Crippen molar-refractivity contribution in [2.24, 2.45) is 5.92 Å². The number of carbonyl (C=O) groups is 5. The van der Waals surface area contributed by atoms with Gasteiger partial charge in [0.25, 0.3) is 5.91 Å². The third-order valence-electron chi connectivity index (χ3n) is 7.19. The van der Waals surface area contributed by atoms with Crippen LogP contribution in [0, 0.1) is 5.92 Å². The van der Waals surface area contributed by atoms with Crippen molar-refractivity contribution in [1.82, 2.24) is 19.6 Å². The van der Waals surface area contributed by atoms with Crippen molar-refractivity contribution in [2.75, 3.05) is 39.3 Å². The van der Waals surface area contributed by atoms with Crippen molar-refractivity contribution >= 4 is 41.4 Å². The molecule has 2 N–H and O–H groups in total. The van der Waals surface area contributed by atoms with Crippen LogP contribution in [-0.4, -0.2) is 121 Å². The number of β-lactam (4-membered cyclic amide) rings is 1. The lowest BCUT2D eigenvalue weighted by molar-refractivity contribution is -0.173. The van der Waals surface area contributed by atoms with Gasteiger partial charge in [-0.3, -0.25) is 19.2 Å². The number of aliphatic hydroxyl groups excluding tert-OH is 1. The van der Waals surface area contributed by atoms with E-state index in [0.29, 0.717) is 26.2 Å². The first-order valence-electron chi connectivity index (χ1n) is 11.8. The number of carbonyl (C=O) groups excluding carboxylic acids is 4. The van der Waals surface area contributed by atoms with Crippen LogP contribution in [0.1, 0.15) is 39.5 Å². The molecule has 4 aliphatic heterocycles. The molecule has 0 aliphatic carbocycles. The molecule has 0 bridgehead atoms. The van der Waals surface area contributed by atoms with Crippen LogP contribution in [0.3, 0.4) is 0 Å². The molecule has 0 aromatic carbocycles. The van der Waals surface area contributed by atoms with Gasteiger partial charge in [-0.15, -0.1) is 11.8 Å². The zero-order valence-corrected chi connectivity index (χ0v) is 20.3. The highest BCUT2D eigenvalue weighted by Crippen LogP contribution is 2.54. The minimum Gasteiger partial charge on any atom is -0.480 e. The summed E-state index contributed by atoms with van der Waals surface area (Å²) in [6.07, 6.45) is 1.74. The Morgan fingerprint density at radius 2 is 1.47 bits per heavy atom. The van der Waals surface area contributed by atoms with Crippen molar-refractivity contribution in [2.45, 2.75) is 61.8 Å². The average Bonchev–Trinajstić information content (AvgIpc) is 3.52. The van der Waals surface area contributed by atoms with E-state index in [0.717, 1.165) is 30.6 Å². The zero-order chi connectivity index (χ0) is 24.8. The van der Waals surface area contributed by atoms with Gasteiger partial charge < -0.3 is 29.8 Å². The van der Waals surface area contributed by atoms with E-state index in [9.17, 15) is 34.2 Å². The molecule has 0 aromatic heterocycles. The number of carboxylic acid groups (broad SMARTS) is 1. The molecule has 4 rings (SSSR count). The van der Waals surface area contributed by atoms with E-state index in [1.165, 1.54) is 16.7 Å². The van der Waals surface area contributed by atoms with Crippen LogP contribution in [0.25, 0.3) is 0 Å². The number of likely N-dealkylation sites (tertiary alicyclic amines) is 2. The van der Waals surface area contributed by atoms with Crippen LogP contribution in [0.15, 0.2) is 0 Å². The lowest BCUT2D eigenvalue weighted by atomic mass is 9.87. The number of fused-ring (bicyclic) bond motifs is 1. The number of hydrogen-bond acceptors (Lipinski definition) is 7. The standard InChI is InChI=1S/C22H32N4O7S/c1-22(2)17(21(32)33)26-18(30)15(20(26)34-22)16(29)19(31)25(11-13(27)23-7-3-4-8-23)12-14(28)24-9-5-6-10-24/h15-17,20,29H,3-12H2,1-2H3,(H,32,33)/t15-,16+,17+,20-/m1/s1. The number of aliphatic hydroxyl groups is 1. The summed E-state index contributed by atoms with van der Waals surface area (Å²) in [4.78, 5) is 69.0. The first-order valence-corrected chi connectivity index (χ1v) is 12.7. The average molecular weight is 497 g/mol. The van der Waals surface area contributed by atoms with Gasteiger partial charge in [-0.25, -0.2) is 4.79 Å². The number of nitrogens with zero attached hydrogens (tertiary/aromatic N) is 4. The van der Waals surface area contributed by atoms with Crippen molar-refractivity contribution < 1.29 is 34.2 Å². The molecule has 4 fully saturated rings. The summed E-state index contributed by atoms with van der Waals surface area (Å²) in [6, 6.07) is -1.06. The van der Waals surface area contributed by atoms with Gasteiger partial charge in [0.2, 0.25) is 17.7 Å². The summed E-state index contributed by atoms with van der Waals surface area (Å²) in [6.45, 7) is 5.08. The van der Waals surface area contributed by atoms with Gasteiger partial charge in [0, 0.05) is 30.9 Å². The molecule has 4 atom stereocenters. The molecule has 4 saturated heterocycles. The number of aliphatic carboxylic acids is 1. The van der Waals surface area contributed by atoms with Gasteiger partial charge in [0.15, 0.2) is 0 Å². The van der Waals surface area contributed by atoms with Crippen LogP contribution in [0.5, 0.6) is 0 Å². The monoisotopic (exact) mass is 496 g/mol. The van der Waals surface area contributed by atoms with E-state index in [2.05, 4.69) is 0 Å². The van der Waals surface area contributed by atoms with Gasteiger partial charge in [0.05, 0.1) is 5.37 Å². The second kappa shape index (κ2) is 9.37. The van der Waals surface area contributed by atoms with Crippen LogP contribution < -0.4 is 0 Å². The normalized spacial score (nSPS) is 28.5. The number of rotatable bonds is 7. The lowest BCUT2D eigenvalue weighted by Crippen LogP contribution is -2.67. The van der Waals surface area contributed by atoms with Gasteiger partial charge in [-0.1, -0.05) is 0 Å². The summed E-state index contributed by atoms with van der Waals surface area (Å²) >= 11 is 1.24. The fraction of sp³-hybridized carbons (Fsp3) is 0.773. The Labute approximate surface area is 202 Å². The van der Waals surface area contributed by atoms with Gasteiger partial charge in [-0.05, 0) is 39.5 Å². The molecular formula is C22H32N4O7S. The molecule has 12 heteroatoms. The predicted octanol–water partition coefficient (Wildman–Crippen LogP) is -0.816. The summed E-state index contributed by atoms with van der Waals surface area (Å²) in [7, 11) is 0. The van der Waals surface area contributed by atoms with Crippen molar-refractivity contribution in [3.63, 3.8) is 0 Å². The first kappa shape index (κ1) is 24.8. The van der Waals surface area contributed by atoms with Crippen LogP contribution in [0.2, 0.25) is 0 Å². The summed E-state index contributed by atoms with van der Waals surface area (Å²) in [5.41, 5.74) is 0. The van der Waals surface area contributed by atoms with Gasteiger partial charge in [0.1, 0.15) is 31.2 Å². The number of thioether (sulfide) groups is 1. The van der Waals surface area contributed by atoms with Crippen LogP contribution >= 0.6 is 11.8 Å². The van der Waals surface area contributed by atoms with Crippen LogP contribution in [0.4, 0.5) is 0 Å². The van der Waals surface area contributed by atoms with E-state index in [4.69, 9.17) is 0 Å². The van der Waals surface area contributed by atoms with E-state index in [1.54, 1.807) is 23.6 Å².